The van der Waals surface area contributed by atoms with Crippen LogP contribution in [0.5, 0.6) is 0 Å². The first-order valence-corrected chi connectivity index (χ1v) is 14.6. The van der Waals surface area contributed by atoms with Crippen LogP contribution in [0, 0.1) is 23.7 Å². The van der Waals surface area contributed by atoms with Gasteiger partial charge < -0.3 is 9.47 Å². The molecule has 0 amide bonds. The molecule has 1 aliphatic carbocycles. The number of hydrogen-bond donors (Lipinski definition) is 0. The molecular weight excluding hydrogens is 456 g/mol. The predicted molar refractivity (Wildman–Crippen MR) is 142 cm³/mol. The number of hydrogen-bond acceptors (Lipinski definition) is 6. The maximum absolute atomic E-state index is 11.8. The van der Waals surface area contributed by atoms with Gasteiger partial charge in [0.2, 0.25) is 0 Å². The van der Waals surface area contributed by atoms with Crippen LogP contribution in [0.3, 0.4) is 0 Å². The van der Waals surface area contributed by atoms with E-state index in [1.807, 2.05) is 0 Å². The van der Waals surface area contributed by atoms with Crippen molar-refractivity contribution >= 4 is 23.5 Å². The highest BCUT2D eigenvalue weighted by molar-refractivity contribution is 5.94. The van der Waals surface area contributed by atoms with Gasteiger partial charge in [0, 0.05) is 0 Å². The molecule has 1 rings (SSSR count). The Balaban J connectivity index is 2.78. The van der Waals surface area contributed by atoms with Gasteiger partial charge in [0.15, 0.2) is 0 Å². The van der Waals surface area contributed by atoms with Crippen LogP contribution < -0.4 is 0 Å². The smallest absolute Gasteiger partial charge is 0.313 e. The van der Waals surface area contributed by atoms with Crippen LogP contribution in [0.25, 0.3) is 0 Å². The molecule has 36 heavy (non-hydrogen) atoms. The lowest BCUT2D eigenvalue weighted by molar-refractivity contribution is -0.147. The summed E-state index contributed by atoms with van der Waals surface area (Å²) in [6.45, 7) is 8.07. The first-order chi connectivity index (χ1) is 17.3. The number of Topliss-reactive ketones (excluding diaryl/α,β-unsaturated/α-hetero) is 2. The zero-order valence-corrected chi connectivity index (χ0v) is 23.5. The lowest BCUT2D eigenvalue weighted by Gasteiger charge is -2.44. The maximum atomic E-state index is 11.8. The quantitative estimate of drug-likeness (QED) is 0.0998. The third kappa shape index (κ3) is 14.1. The molecule has 0 saturated heterocycles. The number of ether oxygens (including phenoxy) is 2. The molecule has 0 spiro atoms. The average molecular weight is 509 g/mol. The van der Waals surface area contributed by atoms with E-state index in [-0.39, 0.29) is 24.4 Å². The van der Waals surface area contributed by atoms with Crippen LogP contribution in [0.15, 0.2) is 0 Å². The summed E-state index contributed by atoms with van der Waals surface area (Å²) in [6.07, 6.45) is 16.1. The molecule has 1 saturated carbocycles. The highest BCUT2D eigenvalue weighted by atomic mass is 16.5. The van der Waals surface area contributed by atoms with Gasteiger partial charge in [-0.15, -0.1) is 0 Å². The molecule has 0 aliphatic heterocycles. The van der Waals surface area contributed by atoms with E-state index in [0.717, 1.165) is 31.6 Å². The van der Waals surface area contributed by atoms with Gasteiger partial charge in [-0.3, -0.25) is 19.2 Å². The molecule has 6 nitrogen and oxygen atoms in total. The molecule has 6 heteroatoms. The Kier molecular flexibility index (Phi) is 17.4. The summed E-state index contributed by atoms with van der Waals surface area (Å²) in [5.41, 5.74) is 0. The van der Waals surface area contributed by atoms with Crippen LogP contribution >= 0.6 is 0 Å². The molecule has 0 aromatic rings. The third-order valence-corrected chi connectivity index (χ3v) is 7.70. The van der Waals surface area contributed by atoms with E-state index in [0.29, 0.717) is 31.0 Å². The van der Waals surface area contributed by atoms with Crippen LogP contribution in [-0.4, -0.2) is 36.7 Å². The monoisotopic (exact) mass is 508 g/mol. The molecule has 4 atom stereocenters. The fourth-order valence-electron chi connectivity index (χ4n) is 6.00. The summed E-state index contributed by atoms with van der Waals surface area (Å²) in [4.78, 5) is 45.8. The number of ketones is 2. The molecule has 0 aromatic carbocycles. The fourth-order valence-corrected chi connectivity index (χ4v) is 6.00. The van der Waals surface area contributed by atoms with Crippen LogP contribution in [0.4, 0.5) is 0 Å². The third-order valence-electron chi connectivity index (χ3n) is 7.70. The molecule has 0 N–H and O–H groups in total. The van der Waals surface area contributed by atoms with Crippen molar-refractivity contribution in [2.24, 2.45) is 23.7 Å². The largest absolute Gasteiger partial charge is 0.465 e. The Hall–Kier alpha value is -1.72. The van der Waals surface area contributed by atoms with E-state index in [2.05, 4.69) is 13.8 Å². The first-order valence-electron chi connectivity index (χ1n) is 14.6. The number of rotatable bonds is 20. The summed E-state index contributed by atoms with van der Waals surface area (Å²) in [5.74, 6) is 1.45. The second-order valence-corrected chi connectivity index (χ2v) is 10.9. The van der Waals surface area contributed by atoms with Gasteiger partial charge in [-0.25, -0.2) is 0 Å². The van der Waals surface area contributed by atoms with Gasteiger partial charge in [0.05, 0.1) is 13.2 Å². The van der Waals surface area contributed by atoms with E-state index in [1.165, 1.54) is 78.1 Å². The van der Waals surface area contributed by atoms with Crippen LogP contribution in [0.1, 0.15) is 130 Å². The minimum atomic E-state index is -0.427. The summed E-state index contributed by atoms with van der Waals surface area (Å²) in [5, 5.41) is 0. The van der Waals surface area contributed by atoms with Crippen molar-refractivity contribution in [1.29, 1.82) is 0 Å². The molecule has 1 fully saturated rings. The van der Waals surface area contributed by atoms with Crippen LogP contribution in [0.2, 0.25) is 0 Å². The summed E-state index contributed by atoms with van der Waals surface area (Å²) < 4.78 is 10.6. The first kappa shape index (κ1) is 32.3. The minimum absolute atomic E-state index is 0.145. The van der Waals surface area contributed by atoms with Gasteiger partial charge >= 0.3 is 11.9 Å². The molecule has 1 aliphatic rings. The molecule has 0 radical (unpaired) electrons. The standard InChI is InChI=1S/C30H52O6/c1-5-7-9-13-25-17-18-26(14-11-19-35-29(33)21-23(3)31)28(27(25)15-10-8-6-2)16-12-20-36-30(34)22-24(4)32/h25-28H,5-22H2,1-4H3. The van der Waals surface area contributed by atoms with Crippen molar-refractivity contribution in [1.82, 2.24) is 0 Å². The normalized spacial score (nSPS) is 21.7. The van der Waals surface area contributed by atoms with Crippen LogP contribution in [-0.2, 0) is 28.7 Å². The van der Waals surface area contributed by atoms with Crippen molar-refractivity contribution in [3.63, 3.8) is 0 Å². The molecule has 0 bridgehead atoms. The van der Waals surface area contributed by atoms with E-state index < -0.39 is 11.9 Å². The van der Waals surface area contributed by atoms with Crippen molar-refractivity contribution < 1.29 is 28.7 Å². The highest BCUT2D eigenvalue weighted by Gasteiger charge is 2.37. The van der Waals surface area contributed by atoms with Crippen molar-refractivity contribution in [3.8, 4) is 0 Å². The van der Waals surface area contributed by atoms with Gasteiger partial charge in [-0.1, -0.05) is 58.8 Å². The Bertz CT molecular complexity index is 658. The lowest BCUT2D eigenvalue weighted by atomic mass is 9.61. The summed E-state index contributed by atoms with van der Waals surface area (Å²) in [6, 6.07) is 0. The Morgan fingerprint density at radius 3 is 1.42 bits per heavy atom. The highest BCUT2D eigenvalue weighted by Crippen LogP contribution is 2.47. The molecule has 0 heterocycles. The lowest BCUT2D eigenvalue weighted by Crippen LogP contribution is -2.35. The fraction of sp³-hybridized carbons (Fsp3) is 0.867. The second kappa shape index (κ2) is 19.4. The van der Waals surface area contributed by atoms with Crippen molar-refractivity contribution in [2.45, 2.75) is 130 Å². The zero-order valence-electron chi connectivity index (χ0n) is 23.5. The minimum Gasteiger partial charge on any atom is -0.465 e. The van der Waals surface area contributed by atoms with Gasteiger partial charge in [-0.2, -0.15) is 0 Å². The Labute approximate surface area is 219 Å². The van der Waals surface area contributed by atoms with Gasteiger partial charge in [0.1, 0.15) is 24.4 Å². The zero-order chi connectivity index (χ0) is 26.8. The summed E-state index contributed by atoms with van der Waals surface area (Å²) in [7, 11) is 0. The SMILES string of the molecule is CCCCCC1CCC(CCCOC(=O)CC(C)=O)C(CCCOC(=O)CC(C)=O)C1CCCCC. The molecular formula is C30H52O6. The van der Waals surface area contributed by atoms with Crippen molar-refractivity contribution in [3.05, 3.63) is 0 Å². The Morgan fingerprint density at radius 2 is 0.972 bits per heavy atom. The summed E-state index contributed by atoms with van der Waals surface area (Å²) >= 11 is 0. The number of carbonyl (C=O) groups excluding carboxylic acids is 4. The molecule has 208 valence electrons. The number of esters is 2. The van der Waals surface area contributed by atoms with E-state index in [4.69, 9.17) is 9.47 Å². The molecule has 0 aromatic heterocycles. The topological polar surface area (TPSA) is 86.7 Å². The van der Waals surface area contributed by atoms with Gasteiger partial charge in [-0.05, 0) is 82.5 Å². The van der Waals surface area contributed by atoms with E-state index in [1.54, 1.807) is 0 Å². The average Bonchev–Trinajstić information content (AvgIpc) is 2.80. The number of unbranched alkanes of at least 4 members (excludes halogenated alkanes) is 4. The van der Waals surface area contributed by atoms with E-state index in [9.17, 15) is 19.2 Å². The van der Waals surface area contributed by atoms with Gasteiger partial charge in [0.25, 0.3) is 0 Å². The van der Waals surface area contributed by atoms with Crippen molar-refractivity contribution in [2.75, 3.05) is 13.2 Å². The predicted octanol–water partition coefficient (Wildman–Crippen LogP) is 7.01. The maximum Gasteiger partial charge on any atom is 0.313 e. The van der Waals surface area contributed by atoms with E-state index >= 15 is 0 Å². The number of carbonyl (C=O) groups is 4. The molecule has 4 unspecified atom stereocenters. The second-order valence-electron chi connectivity index (χ2n) is 10.9. The Morgan fingerprint density at radius 1 is 0.583 bits per heavy atom.